The van der Waals surface area contributed by atoms with Crippen LogP contribution in [0.5, 0.6) is 0 Å². The molecule has 0 saturated carbocycles. The van der Waals surface area contributed by atoms with Crippen molar-refractivity contribution in [1.82, 2.24) is 15.2 Å². The summed E-state index contributed by atoms with van der Waals surface area (Å²) >= 11 is 7.60. The number of carbonyl (C=O) groups is 1. The SMILES string of the molecule is O=C(NCCN1CCSCC1)c1ccnc(Cl)c1[N+](=O)[O-]. The van der Waals surface area contributed by atoms with Crippen molar-refractivity contribution < 1.29 is 9.72 Å². The summed E-state index contributed by atoms with van der Waals surface area (Å²) in [4.78, 5) is 28.2. The fraction of sp³-hybridized carbons (Fsp3) is 0.500. The molecule has 0 bridgehead atoms. The summed E-state index contributed by atoms with van der Waals surface area (Å²) in [7, 11) is 0. The molecule has 2 heterocycles. The predicted octanol–water partition coefficient (Wildman–Crippen LogP) is 1.42. The first kappa shape index (κ1) is 16.0. The molecule has 1 amide bonds. The van der Waals surface area contributed by atoms with Gasteiger partial charge in [-0.25, -0.2) is 4.98 Å². The van der Waals surface area contributed by atoms with Gasteiger partial charge in [-0.3, -0.25) is 19.8 Å². The van der Waals surface area contributed by atoms with Gasteiger partial charge in [0.25, 0.3) is 5.91 Å². The molecule has 1 N–H and O–H groups in total. The monoisotopic (exact) mass is 330 g/mol. The van der Waals surface area contributed by atoms with Crippen LogP contribution < -0.4 is 5.32 Å². The van der Waals surface area contributed by atoms with E-state index in [1.807, 2.05) is 11.8 Å². The van der Waals surface area contributed by atoms with Gasteiger partial charge < -0.3 is 5.32 Å². The lowest BCUT2D eigenvalue weighted by Crippen LogP contribution is -2.39. The van der Waals surface area contributed by atoms with Gasteiger partial charge >= 0.3 is 5.69 Å². The summed E-state index contributed by atoms with van der Waals surface area (Å²) in [5.74, 6) is 1.69. The summed E-state index contributed by atoms with van der Waals surface area (Å²) in [6.07, 6.45) is 1.28. The maximum atomic E-state index is 12.0. The summed E-state index contributed by atoms with van der Waals surface area (Å²) < 4.78 is 0. The van der Waals surface area contributed by atoms with Gasteiger partial charge in [0.05, 0.1) is 4.92 Å². The Labute approximate surface area is 131 Å². The van der Waals surface area contributed by atoms with Crippen molar-refractivity contribution in [3.63, 3.8) is 0 Å². The Morgan fingerprint density at radius 1 is 1.52 bits per heavy atom. The second-order valence-corrected chi connectivity index (χ2v) is 6.05. The highest BCUT2D eigenvalue weighted by Gasteiger charge is 2.24. The second-order valence-electron chi connectivity index (χ2n) is 4.46. The highest BCUT2D eigenvalue weighted by atomic mass is 35.5. The Hall–Kier alpha value is -1.38. The third kappa shape index (κ3) is 4.29. The van der Waals surface area contributed by atoms with Crippen LogP contribution in [0.15, 0.2) is 12.3 Å². The van der Waals surface area contributed by atoms with Gasteiger partial charge in [-0.05, 0) is 6.07 Å². The first-order valence-corrected chi connectivity index (χ1v) is 8.00. The normalized spacial score (nSPS) is 15.7. The number of aromatic nitrogens is 1. The average molecular weight is 331 g/mol. The smallest absolute Gasteiger partial charge is 0.319 e. The highest BCUT2D eigenvalue weighted by Crippen LogP contribution is 2.25. The van der Waals surface area contributed by atoms with Gasteiger partial charge in [-0.2, -0.15) is 11.8 Å². The third-order valence-corrected chi connectivity index (χ3v) is 4.34. The van der Waals surface area contributed by atoms with Crippen molar-refractivity contribution in [3.05, 3.63) is 33.1 Å². The Balaban J connectivity index is 1.94. The topological polar surface area (TPSA) is 88.4 Å². The maximum absolute atomic E-state index is 12.0. The van der Waals surface area contributed by atoms with Gasteiger partial charge in [0.2, 0.25) is 5.15 Å². The van der Waals surface area contributed by atoms with E-state index in [1.54, 1.807) is 0 Å². The first-order chi connectivity index (χ1) is 10.1. The quantitative estimate of drug-likeness (QED) is 0.499. The van der Waals surface area contributed by atoms with Crippen molar-refractivity contribution >= 4 is 35.0 Å². The number of thioether (sulfide) groups is 1. The lowest BCUT2D eigenvalue weighted by molar-refractivity contribution is -0.385. The number of hydrogen-bond donors (Lipinski definition) is 1. The lowest BCUT2D eigenvalue weighted by atomic mass is 10.2. The fourth-order valence-electron chi connectivity index (χ4n) is 2.03. The molecule has 0 aromatic carbocycles. The molecule has 7 nitrogen and oxygen atoms in total. The Bertz CT molecular complexity index is 537. The molecule has 1 fully saturated rings. The number of pyridine rings is 1. The molecule has 0 radical (unpaired) electrons. The summed E-state index contributed by atoms with van der Waals surface area (Å²) in [5, 5.41) is 13.4. The second kappa shape index (κ2) is 7.58. The van der Waals surface area contributed by atoms with Crippen LogP contribution in [0.4, 0.5) is 5.69 Å². The molecule has 1 aromatic rings. The van der Waals surface area contributed by atoms with E-state index in [4.69, 9.17) is 11.6 Å². The van der Waals surface area contributed by atoms with Crippen LogP contribution in [0.1, 0.15) is 10.4 Å². The van der Waals surface area contributed by atoms with E-state index in [1.165, 1.54) is 12.3 Å². The van der Waals surface area contributed by atoms with Crippen LogP contribution in [0.25, 0.3) is 0 Å². The van der Waals surface area contributed by atoms with Crippen molar-refractivity contribution in [3.8, 4) is 0 Å². The number of nitrogens with zero attached hydrogens (tertiary/aromatic N) is 3. The highest BCUT2D eigenvalue weighted by molar-refractivity contribution is 7.99. The molecule has 114 valence electrons. The molecule has 0 aliphatic carbocycles. The minimum atomic E-state index is -0.688. The number of carbonyl (C=O) groups excluding carboxylic acids is 1. The Morgan fingerprint density at radius 3 is 2.90 bits per heavy atom. The van der Waals surface area contributed by atoms with Crippen LogP contribution in [0.2, 0.25) is 5.15 Å². The molecule has 21 heavy (non-hydrogen) atoms. The molecule has 1 aliphatic heterocycles. The molecular formula is C12H15ClN4O3S. The average Bonchev–Trinajstić information content (AvgIpc) is 2.47. The van der Waals surface area contributed by atoms with Crippen molar-refractivity contribution in [2.75, 3.05) is 37.7 Å². The van der Waals surface area contributed by atoms with Crippen molar-refractivity contribution in [2.24, 2.45) is 0 Å². The lowest BCUT2D eigenvalue weighted by Gasteiger charge is -2.25. The molecule has 1 aliphatic rings. The van der Waals surface area contributed by atoms with Gasteiger partial charge in [0, 0.05) is 43.9 Å². The van der Waals surface area contributed by atoms with E-state index in [2.05, 4.69) is 15.2 Å². The van der Waals surface area contributed by atoms with Crippen LogP contribution in [-0.4, -0.2) is 58.4 Å². The summed E-state index contributed by atoms with van der Waals surface area (Å²) in [6.45, 7) is 3.18. The zero-order valence-electron chi connectivity index (χ0n) is 11.2. The number of hydrogen-bond acceptors (Lipinski definition) is 6. The minimum Gasteiger partial charge on any atom is -0.351 e. The minimum absolute atomic E-state index is 0.0609. The van der Waals surface area contributed by atoms with Gasteiger partial charge in [-0.15, -0.1) is 0 Å². The molecule has 0 spiro atoms. The molecule has 0 unspecified atom stereocenters. The van der Waals surface area contributed by atoms with E-state index in [0.29, 0.717) is 6.54 Å². The van der Waals surface area contributed by atoms with Crippen LogP contribution in [0, 0.1) is 10.1 Å². The van der Waals surface area contributed by atoms with Crippen LogP contribution >= 0.6 is 23.4 Å². The molecule has 0 atom stereocenters. The number of nitrogens with one attached hydrogen (secondary N) is 1. The third-order valence-electron chi connectivity index (χ3n) is 3.12. The van der Waals surface area contributed by atoms with E-state index in [-0.39, 0.29) is 10.7 Å². The van der Waals surface area contributed by atoms with E-state index < -0.39 is 16.5 Å². The summed E-state index contributed by atoms with van der Waals surface area (Å²) in [6, 6.07) is 1.30. The number of halogens is 1. The Morgan fingerprint density at radius 2 is 2.24 bits per heavy atom. The molecule has 9 heteroatoms. The van der Waals surface area contributed by atoms with Crippen LogP contribution in [0.3, 0.4) is 0 Å². The zero-order chi connectivity index (χ0) is 15.2. The molecular weight excluding hydrogens is 316 g/mol. The maximum Gasteiger partial charge on any atom is 0.319 e. The van der Waals surface area contributed by atoms with Crippen LogP contribution in [-0.2, 0) is 0 Å². The standard InChI is InChI=1S/C12H15ClN4O3S/c13-11-10(17(19)20)9(1-2-14-11)12(18)15-3-4-16-5-7-21-8-6-16/h1-2H,3-8H2,(H,15,18). The number of rotatable bonds is 5. The molecule has 1 aromatic heterocycles. The Kier molecular flexibility index (Phi) is 5.77. The number of amides is 1. The molecule has 2 rings (SSSR count). The first-order valence-electron chi connectivity index (χ1n) is 6.47. The van der Waals surface area contributed by atoms with Gasteiger partial charge in [0.15, 0.2) is 0 Å². The molecule has 1 saturated heterocycles. The van der Waals surface area contributed by atoms with Gasteiger partial charge in [-0.1, -0.05) is 11.6 Å². The van der Waals surface area contributed by atoms with E-state index in [9.17, 15) is 14.9 Å². The van der Waals surface area contributed by atoms with Crippen molar-refractivity contribution in [1.29, 1.82) is 0 Å². The predicted molar refractivity (Wildman–Crippen MR) is 82.0 cm³/mol. The largest absolute Gasteiger partial charge is 0.351 e. The van der Waals surface area contributed by atoms with E-state index >= 15 is 0 Å². The zero-order valence-corrected chi connectivity index (χ0v) is 12.8. The van der Waals surface area contributed by atoms with Gasteiger partial charge in [0.1, 0.15) is 5.56 Å². The van der Waals surface area contributed by atoms with Crippen molar-refractivity contribution in [2.45, 2.75) is 0 Å². The fourth-order valence-corrected chi connectivity index (χ4v) is 3.24. The van der Waals surface area contributed by atoms with E-state index in [0.717, 1.165) is 31.1 Å². The summed E-state index contributed by atoms with van der Waals surface area (Å²) in [5.41, 5.74) is -0.514. The number of nitro groups is 1.